The van der Waals surface area contributed by atoms with E-state index >= 15 is 0 Å². The van der Waals surface area contributed by atoms with Crippen molar-refractivity contribution in [3.63, 3.8) is 0 Å². The van der Waals surface area contributed by atoms with Crippen LogP contribution in [0, 0.1) is 16.0 Å². The first-order valence-electron chi connectivity index (χ1n) is 8.62. The normalized spacial score (nSPS) is 23.5. The van der Waals surface area contributed by atoms with Gasteiger partial charge in [-0.3, -0.25) is 10.1 Å². The van der Waals surface area contributed by atoms with Crippen LogP contribution in [0.5, 0.6) is 5.75 Å². The van der Waals surface area contributed by atoms with Gasteiger partial charge < -0.3 is 10.1 Å². The molecule has 0 bridgehead atoms. The molecule has 1 aliphatic carbocycles. The van der Waals surface area contributed by atoms with Crippen molar-refractivity contribution in [2.45, 2.75) is 25.3 Å². The zero-order valence-electron chi connectivity index (χ0n) is 14.0. The maximum absolute atomic E-state index is 11.7. The monoisotopic (exact) mass is 336 g/mol. The third-order valence-corrected chi connectivity index (χ3v) is 5.09. The summed E-state index contributed by atoms with van der Waals surface area (Å²) in [5.74, 6) is 1.08. The van der Waals surface area contributed by atoms with Crippen molar-refractivity contribution in [1.82, 2.24) is 0 Å². The average molecular weight is 336 g/mol. The Hall–Kier alpha value is -2.82. The molecule has 0 spiro atoms. The molecule has 0 aromatic heterocycles. The van der Waals surface area contributed by atoms with Crippen LogP contribution in [0.4, 0.5) is 11.4 Å². The van der Waals surface area contributed by atoms with E-state index in [1.54, 1.807) is 0 Å². The van der Waals surface area contributed by atoms with Crippen LogP contribution in [-0.2, 0) is 0 Å². The summed E-state index contributed by atoms with van der Waals surface area (Å²) in [6.07, 6.45) is 5.32. The summed E-state index contributed by atoms with van der Waals surface area (Å²) in [4.78, 5) is 11.3. The fraction of sp³-hybridized carbons (Fsp3) is 0.300. The molecule has 0 unspecified atom stereocenters. The second kappa shape index (κ2) is 6.24. The maximum Gasteiger partial charge on any atom is 0.296 e. The summed E-state index contributed by atoms with van der Waals surface area (Å²) in [6.45, 7) is 2.37. The number of benzene rings is 2. The third-order valence-electron chi connectivity index (χ3n) is 5.09. The predicted octanol–water partition coefficient (Wildman–Crippen LogP) is 4.82. The highest BCUT2D eigenvalue weighted by molar-refractivity contribution is 5.73. The number of nitrogens with zero attached hydrogens (tertiary/aromatic N) is 1. The molecular formula is C20H20N2O3. The minimum atomic E-state index is -0.324. The first-order chi connectivity index (χ1) is 12.2. The van der Waals surface area contributed by atoms with E-state index in [9.17, 15) is 10.1 Å². The van der Waals surface area contributed by atoms with Crippen LogP contribution in [0.1, 0.15) is 36.4 Å². The van der Waals surface area contributed by atoms with Gasteiger partial charge in [0, 0.05) is 5.92 Å². The molecule has 4 rings (SSSR count). The van der Waals surface area contributed by atoms with E-state index < -0.39 is 0 Å². The molecule has 0 fully saturated rings. The molecule has 128 valence electrons. The fourth-order valence-corrected chi connectivity index (χ4v) is 4.04. The van der Waals surface area contributed by atoms with Crippen molar-refractivity contribution in [2.24, 2.45) is 5.92 Å². The molecule has 2 aliphatic rings. The number of allylic oxidation sites excluding steroid dienone is 2. The number of anilines is 1. The van der Waals surface area contributed by atoms with Gasteiger partial charge in [0.05, 0.1) is 23.6 Å². The van der Waals surface area contributed by atoms with E-state index in [-0.39, 0.29) is 22.6 Å². The van der Waals surface area contributed by atoms with Crippen molar-refractivity contribution in [2.75, 3.05) is 11.9 Å². The van der Waals surface area contributed by atoms with Gasteiger partial charge in [-0.1, -0.05) is 42.5 Å². The Balaban J connectivity index is 1.85. The Morgan fingerprint density at radius 1 is 1.28 bits per heavy atom. The second-order valence-corrected chi connectivity index (χ2v) is 6.48. The van der Waals surface area contributed by atoms with Crippen LogP contribution in [0.15, 0.2) is 54.6 Å². The van der Waals surface area contributed by atoms with Crippen LogP contribution >= 0.6 is 0 Å². The largest absolute Gasteiger partial charge is 0.494 e. The van der Waals surface area contributed by atoms with Crippen LogP contribution in [0.3, 0.4) is 0 Å². The average Bonchev–Trinajstić information content (AvgIpc) is 3.11. The predicted molar refractivity (Wildman–Crippen MR) is 97.1 cm³/mol. The van der Waals surface area contributed by atoms with Gasteiger partial charge in [0.1, 0.15) is 11.4 Å². The third kappa shape index (κ3) is 2.65. The Kier molecular flexibility index (Phi) is 3.92. The quantitative estimate of drug-likeness (QED) is 0.494. The van der Waals surface area contributed by atoms with Crippen molar-refractivity contribution < 1.29 is 9.66 Å². The van der Waals surface area contributed by atoms with Gasteiger partial charge in [-0.25, -0.2) is 0 Å². The summed E-state index contributed by atoms with van der Waals surface area (Å²) < 4.78 is 5.57. The number of rotatable bonds is 4. The van der Waals surface area contributed by atoms with E-state index in [1.165, 1.54) is 6.07 Å². The van der Waals surface area contributed by atoms with E-state index in [2.05, 4.69) is 29.6 Å². The lowest BCUT2D eigenvalue weighted by Crippen LogP contribution is -2.29. The number of ether oxygens (including phenoxy) is 1. The first kappa shape index (κ1) is 15.7. The molecule has 25 heavy (non-hydrogen) atoms. The highest BCUT2D eigenvalue weighted by atomic mass is 16.6. The molecule has 5 heteroatoms. The number of hydrogen-bond donors (Lipinski definition) is 1. The minimum absolute atomic E-state index is 0.0605. The molecule has 3 atom stereocenters. The standard InChI is InChI=1S/C20H20N2O3/c1-2-25-14-11-17-15-9-6-10-16(15)19(13-7-4-3-5-8-13)21-20(17)18(12-14)22(23)24/h3-9,11-12,15-16,19,21H,2,10H2,1H3/t15-,16+,19-/m1/s1. The van der Waals surface area contributed by atoms with Crippen LogP contribution in [0.25, 0.3) is 0 Å². The molecule has 2 aromatic rings. The van der Waals surface area contributed by atoms with Gasteiger partial charge in [0.25, 0.3) is 5.69 Å². The lowest BCUT2D eigenvalue weighted by Gasteiger charge is -2.37. The van der Waals surface area contributed by atoms with E-state index in [4.69, 9.17) is 4.74 Å². The summed E-state index contributed by atoms with van der Waals surface area (Å²) in [5.41, 5.74) is 2.83. The number of nitrogens with one attached hydrogen (secondary N) is 1. The molecule has 0 amide bonds. The highest BCUT2D eigenvalue weighted by Crippen LogP contribution is 2.53. The zero-order valence-corrected chi connectivity index (χ0v) is 14.0. The molecule has 0 saturated heterocycles. The molecule has 1 aliphatic heterocycles. The molecule has 1 N–H and O–H groups in total. The molecule has 5 nitrogen and oxygen atoms in total. The molecular weight excluding hydrogens is 316 g/mol. The van der Waals surface area contributed by atoms with Crippen LogP contribution in [0.2, 0.25) is 0 Å². The van der Waals surface area contributed by atoms with Gasteiger partial charge in [0.15, 0.2) is 0 Å². The summed E-state index contributed by atoms with van der Waals surface area (Å²) in [7, 11) is 0. The topological polar surface area (TPSA) is 64.4 Å². The Morgan fingerprint density at radius 3 is 2.80 bits per heavy atom. The molecule has 0 saturated carbocycles. The van der Waals surface area contributed by atoms with Gasteiger partial charge in [-0.05, 0) is 36.5 Å². The van der Waals surface area contributed by atoms with Gasteiger partial charge in [-0.2, -0.15) is 0 Å². The summed E-state index contributed by atoms with van der Waals surface area (Å²) in [5, 5.41) is 15.1. The number of nitro benzene ring substituents is 1. The first-order valence-corrected chi connectivity index (χ1v) is 8.62. The number of hydrogen-bond acceptors (Lipinski definition) is 4. The highest BCUT2D eigenvalue weighted by Gasteiger charge is 2.41. The molecule has 0 radical (unpaired) electrons. The van der Waals surface area contributed by atoms with Gasteiger partial charge >= 0.3 is 0 Å². The Labute approximate surface area is 146 Å². The number of fused-ring (bicyclic) bond motifs is 3. The second-order valence-electron chi connectivity index (χ2n) is 6.48. The Morgan fingerprint density at radius 2 is 2.08 bits per heavy atom. The van der Waals surface area contributed by atoms with Gasteiger partial charge in [0.2, 0.25) is 0 Å². The van der Waals surface area contributed by atoms with E-state index in [0.29, 0.717) is 24.0 Å². The fourth-order valence-electron chi connectivity index (χ4n) is 4.04. The number of nitro groups is 1. The molecule has 2 aromatic carbocycles. The van der Waals surface area contributed by atoms with Crippen molar-refractivity contribution in [3.05, 3.63) is 75.9 Å². The van der Waals surface area contributed by atoms with Gasteiger partial charge in [-0.15, -0.1) is 0 Å². The minimum Gasteiger partial charge on any atom is -0.494 e. The zero-order chi connectivity index (χ0) is 17.4. The van der Waals surface area contributed by atoms with Crippen LogP contribution in [-0.4, -0.2) is 11.5 Å². The Bertz CT molecular complexity index is 832. The maximum atomic E-state index is 11.7. The van der Waals surface area contributed by atoms with Crippen LogP contribution < -0.4 is 10.1 Å². The lowest BCUT2D eigenvalue weighted by molar-refractivity contribution is -0.384. The summed E-state index contributed by atoms with van der Waals surface area (Å²) in [6, 6.07) is 13.7. The van der Waals surface area contributed by atoms with E-state index in [0.717, 1.165) is 17.5 Å². The smallest absolute Gasteiger partial charge is 0.296 e. The van der Waals surface area contributed by atoms with Crippen molar-refractivity contribution in [3.8, 4) is 5.75 Å². The molecule has 1 heterocycles. The van der Waals surface area contributed by atoms with E-state index in [1.807, 2.05) is 31.2 Å². The van der Waals surface area contributed by atoms with Crippen molar-refractivity contribution in [1.29, 1.82) is 0 Å². The lowest BCUT2D eigenvalue weighted by atomic mass is 9.76. The SMILES string of the molecule is CCOc1cc2c(c([N+](=O)[O-])c1)N[C@H](c1ccccc1)[C@H]1CC=C[C@@H]21. The van der Waals surface area contributed by atoms with Crippen molar-refractivity contribution >= 4 is 11.4 Å². The summed E-state index contributed by atoms with van der Waals surface area (Å²) >= 11 is 0.